The first kappa shape index (κ1) is 14.5. The van der Waals surface area contributed by atoms with Gasteiger partial charge in [0.15, 0.2) is 10.7 Å². The molecule has 0 aliphatic heterocycles. The number of nitrogens with two attached hydrogens (primary N) is 1. The number of anilines is 2. The largest absolute Gasteiger partial charge is 0.382 e. The van der Waals surface area contributed by atoms with Gasteiger partial charge in [-0.3, -0.25) is 0 Å². The van der Waals surface area contributed by atoms with Crippen LogP contribution in [0.2, 0.25) is 0 Å². The number of nitrogen functional groups attached to an aromatic ring is 1. The molecule has 0 spiro atoms. The predicted molar refractivity (Wildman–Crippen MR) is 77.8 cm³/mol. The van der Waals surface area contributed by atoms with E-state index < -0.39 is 10.0 Å². The van der Waals surface area contributed by atoms with Crippen LogP contribution in [0.15, 0.2) is 4.90 Å². The Morgan fingerprint density at radius 2 is 2.11 bits per heavy atom. The minimum atomic E-state index is -3.56. The second-order valence-electron chi connectivity index (χ2n) is 5.17. The minimum Gasteiger partial charge on any atom is -0.382 e. The summed E-state index contributed by atoms with van der Waals surface area (Å²) < 4.78 is 29.7. The van der Waals surface area contributed by atoms with Gasteiger partial charge in [0, 0.05) is 20.1 Å². The lowest BCUT2D eigenvalue weighted by atomic mass is 10.1. The number of nitrogens with zero attached hydrogens (tertiary/aromatic N) is 2. The van der Waals surface area contributed by atoms with E-state index in [1.54, 1.807) is 0 Å². The summed E-state index contributed by atoms with van der Waals surface area (Å²) in [7, 11) is -0.571. The van der Waals surface area contributed by atoms with Crippen LogP contribution < -0.4 is 11.1 Å². The highest BCUT2D eigenvalue weighted by Crippen LogP contribution is 2.36. The molecule has 0 saturated heterocycles. The molecule has 2 unspecified atom stereocenters. The Labute approximate surface area is 118 Å². The van der Waals surface area contributed by atoms with Gasteiger partial charge in [0.2, 0.25) is 10.0 Å². The Bertz CT molecular complexity index is 553. The molecule has 0 radical (unpaired) electrons. The van der Waals surface area contributed by atoms with Gasteiger partial charge in [0.05, 0.1) is 0 Å². The van der Waals surface area contributed by atoms with Crippen LogP contribution in [-0.4, -0.2) is 37.2 Å². The Morgan fingerprint density at radius 3 is 2.63 bits per heavy atom. The maximum Gasteiger partial charge on any atom is 0.249 e. The van der Waals surface area contributed by atoms with Gasteiger partial charge >= 0.3 is 0 Å². The van der Waals surface area contributed by atoms with E-state index in [-0.39, 0.29) is 10.7 Å². The molecule has 2 rings (SSSR count). The number of hydrogen-bond acceptors (Lipinski definition) is 6. The van der Waals surface area contributed by atoms with Gasteiger partial charge < -0.3 is 11.1 Å². The maximum absolute atomic E-state index is 12.3. The molecule has 1 aliphatic carbocycles. The molecule has 1 aliphatic rings. The van der Waals surface area contributed by atoms with Crippen molar-refractivity contribution in [3.05, 3.63) is 0 Å². The normalized spacial score (nSPS) is 24.0. The second kappa shape index (κ2) is 5.26. The van der Waals surface area contributed by atoms with Gasteiger partial charge in [-0.2, -0.15) is 4.37 Å². The van der Waals surface area contributed by atoms with Gasteiger partial charge in [-0.15, -0.1) is 0 Å². The smallest absolute Gasteiger partial charge is 0.249 e. The van der Waals surface area contributed by atoms with Crippen LogP contribution >= 0.6 is 11.5 Å². The third-order valence-corrected chi connectivity index (χ3v) is 6.40. The predicted octanol–water partition coefficient (Wildman–Crippen LogP) is 1.58. The fourth-order valence-electron chi connectivity index (χ4n) is 2.35. The Morgan fingerprint density at radius 1 is 1.42 bits per heavy atom. The van der Waals surface area contributed by atoms with Crippen molar-refractivity contribution in [1.29, 1.82) is 0 Å². The van der Waals surface area contributed by atoms with Crippen molar-refractivity contribution in [2.24, 2.45) is 5.92 Å². The van der Waals surface area contributed by atoms with E-state index in [1.807, 2.05) is 0 Å². The summed E-state index contributed by atoms with van der Waals surface area (Å²) in [4.78, 5) is 0.113. The van der Waals surface area contributed by atoms with Crippen molar-refractivity contribution in [2.75, 3.05) is 25.1 Å². The Balaban J connectivity index is 2.33. The molecule has 6 nitrogen and oxygen atoms in total. The van der Waals surface area contributed by atoms with E-state index in [9.17, 15) is 8.42 Å². The number of nitrogens with one attached hydrogen (secondary N) is 1. The van der Waals surface area contributed by atoms with Gasteiger partial charge in [-0.1, -0.05) is 13.3 Å². The zero-order valence-electron chi connectivity index (χ0n) is 11.4. The molecule has 19 heavy (non-hydrogen) atoms. The minimum absolute atomic E-state index is 0.0758. The van der Waals surface area contributed by atoms with E-state index in [1.165, 1.54) is 26.9 Å². The molecular weight excluding hydrogens is 284 g/mol. The summed E-state index contributed by atoms with van der Waals surface area (Å²) in [5.74, 6) is 0.616. The highest BCUT2D eigenvalue weighted by Gasteiger charge is 2.31. The average Bonchev–Trinajstić information content (AvgIpc) is 2.87. The van der Waals surface area contributed by atoms with Gasteiger partial charge in [-0.25, -0.2) is 12.7 Å². The topological polar surface area (TPSA) is 88.3 Å². The van der Waals surface area contributed by atoms with Crippen molar-refractivity contribution in [3.8, 4) is 0 Å². The quantitative estimate of drug-likeness (QED) is 0.881. The standard InChI is InChI=1S/C11H20N4O2S2/c1-7-5-4-6-8(7)13-11-9(10(12)14-18-11)19(16,17)15(2)3/h7-8,13H,4-6H2,1-3H3,(H2,12,14). The van der Waals surface area contributed by atoms with Crippen LogP contribution in [-0.2, 0) is 10.0 Å². The van der Waals surface area contributed by atoms with E-state index >= 15 is 0 Å². The first-order chi connectivity index (χ1) is 8.84. The molecule has 8 heteroatoms. The maximum atomic E-state index is 12.3. The van der Waals surface area contributed by atoms with E-state index in [4.69, 9.17) is 5.73 Å². The molecular formula is C11H20N4O2S2. The second-order valence-corrected chi connectivity index (χ2v) is 8.03. The highest BCUT2D eigenvalue weighted by molar-refractivity contribution is 7.89. The monoisotopic (exact) mass is 304 g/mol. The zero-order chi connectivity index (χ0) is 14.2. The fraction of sp³-hybridized carbons (Fsp3) is 0.727. The van der Waals surface area contributed by atoms with E-state index in [2.05, 4.69) is 16.6 Å². The molecule has 1 saturated carbocycles. The SMILES string of the molecule is CC1CCCC1Nc1snc(N)c1S(=O)(=O)N(C)C. The fourth-order valence-corrected chi connectivity index (χ4v) is 4.47. The van der Waals surface area contributed by atoms with Crippen molar-refractivity contribution in [1.82, 2.24) is 8.68 Å². The Kier molecular flexibility index (Phi) is 4.03. The van der Waals surface area contributed by atoms with Crippen LogP contribution in [0.3, 0.4) is 0 Å². The molecule has 3 N–H and O–H groups in total. The number of sulfonamides is 1. The zero-order valence-corrected chi connectivity index (χ0v) is 13.0. The van der Waals surface area contributed by atoms with Gasteiger partial charge in [0.25, 0.3) is 0 Å². The van der Waals surface area contributed by atoms with Crippen molar-refractivity contribution >= 4 is 32.4 Å². The molecule has 1 heterocycles. The third kappa shape index (κ3) is 2.70. The Hall–Kier alpha value is -0.860. The van der Waals surface area contributed by atoms with Gasteiger partial charge in [-0.05, 0) is 30.3 Å². The number of rotatable bonds is 4. The molecule has 0 amide bonds. The van der Waals surface area contributed by atoms with Crippen molar-refractivity contribution in [2.45, 2.75) is 37.1 Å². The molecule has 108 valence electrons. The highest BCUT2D eigenvalue weighted by atomic mass is 32.2. The lowest BCUT2D eigenvalue weighted by Gasteiger charge is -2.19. The number of aromatic nitrogens is 1. The van der Waals surface area contributed by atoms with Crippen LogP contribution in [0.1, 0.15) is 26.2 Å². The van der Waals surface area contributed by atoms with Crippen molar-refractivity contribution < 1.29 is 8.42 Å². The molecule has 2 atom stereocenters. The summed E-state index contributed by atoms with van der Waals surface area (Å²) in [5, 5.41) is 3.87. The van der Waals surface area contributed by atoms with E-state index in [0.717, 1.165) is 22.3 Å². The summed E-state index contributed by atoms with van der Waals surface area (Å²) in [6.07, 6.45) is 3.39. The van der Waals surface area contributed by atoms with Gasteiger partial charge in [0.1, 0.15) is 5.00 Å². The molecule has 1 aromatic heterocycles. The average molecular weight is 304 g/mol. The first-order valence-corrected chi connectivity index (χ1v) is 8.49. The molecule has 1 fully saturated rings. The van der Waals surface area contributed by atoms with E-state index in [0.29, 0.717) is 17.0 Å². The molecule has 0 bridgehead atoms. The first-order valence-electron chi connectivity index (χ1n) is 6.28. The number of hydrogen-bond donors (Lipinski definition) is 2. The lowest BCUT2D eigenvalue weighted by molar-refractivity contribution is 0.520. The lowest BCUT2D eigenvalue weighted by Crippen LogP contribution is -2.26. The van der Waals surface area contributed by atoms with Crippen LogP contribution in [0.5, 0.6) is 0 Å². The third-order valence-electron chi connectivity index (χ3n) is 3.59. The summed E-state index contributed by atoms with van der Waals surface area (Å²) >= 11 is 1.12. The summed E-state index contributed by atoms with van der Waals surface area (Å²) in [6, 6.07) is 0.302. The molecule has 1 aromatic rings. The van der Waals surface area contributed by atoms with Crippen LogP contribution in [0.25, 0.3) is 0 Å². The molecule has 0 aromatic carbocycles. The van der Waals surface area contributed by atoms with Crippen LogP contribution in [0.4, 0.5) is 10.8 Å². The van der Waals surface area contributed by atoms with Crippen molar-refractivity contribution in [3.63, 3.8) is 0 Å². The van der Waals surface area contributed by atoms with Crippen LogP contribution in [0, 0.1) is 5.92 Å². The summed E-state index contributed by atoms with van der Waals surface area (Å²) in [5.41, 5.74) is 5.73. The summed E-state index contributed by atoms with van der Waals surface area (Å²) in [6.45, 7) is 2.18.